The third-order valence-corrected chi connectivity index (χ3v) is 5.06. The van der Waals surface area contributed by atoms with Crippen molar-refractivity contribution in [3.63, 3.8) is 0 Å². The summed E-state index contributed by atoms with van der Waals surface area (Å²) in [7, 11) is -3.98. The summed E-state index contributed by atoms with van der Waals surface area (Å²) >= 11 is 5.75. The molecule has 0 atom stereocenters. The van der Waals surface area contributed by atoms with Gasteiger partial charge in [0.15, 0.2) is 4.90 Å². The molecule has 0 unspecified atom stereocenters. The molecule has 1 aliphatic heterocycles. The zero-order valence-electron chi connectivity index (χ0n) is 12.6. The van der Waals surface area contributed by atoms with Crippen LogP contribution in [0.5, 0.6) is 0 Å². The predicted molar refractivity (Wildman–Crippen MR) is 97.1 cm³/mol. The van der Waals surface area contributed by atoms with Gasteiger partial charge < -0.3 is 5.32 Å². The van der Waals surface area contributed by atoms with Gasteiger partial charge in [-0.3, -0.25) is 15.0 Å². The summed E-state index contributed by atoms with van der Waals surface area (Å²) in [6, 6.07) is 3.47. The molecule has 12 heteroatoms. The van der Waals surface area contributed by atoms with E-state index in [9.17, 15) is 18.5 Å². The van der Waals surface area contributed by atoms with Crippen molar-refractivity contribution in [2.24, 2.45) is 0 Å². The van der Waals surface area contributed by atoms with E-state index in [1.54, 1.807) is 0 Å². The van der Waals surface area contributed by atoms with Crippen LogP contribution in [0.1, 0.15) is 0 Å². The van der Waals surface area contributed by atoms with Crippen molar-refractivity contribution in [3.8, 4) is 0 Å². The summed E-state index contributed by atoms with van der Waals surface area (Å²) in [6.07, 6.45) is 0. The smallest absolute Gasteiger partial charge is 0.289 e. The molecule has 0 radical (unpaired) electrons. The van der Waals surface area contributed by atoms with Gasteiger partial charge in [0, 0.05) is 50.4 Å². The van der Waals surface area contributed by atoms with E-state index in [-0.39, 0.29) is 36.4 Å². The molecule has 0 bridgehead atoms. The number of nitro groups is 1. The van der Waals surface area contributed by atoms with Gasteiger partial charge in [-0.05, 0) is 12.1 Å². The number of nitrogens with one attached hydrogen (secondary N) is 2. The highest BCUT2D eigenvalue weighted by Gasteiger charge is 2.26. The van der Waals surface area contributed by atoms with Crippen LogP contribution in [-0.4, -0.2) is 57.5 Å². The minimum absolute atomic E-state index is 0. The lowest BCUT2D eigenvalue weighted by Crippen LogP contribution is -2.46. The third-order valence-electron chi connectivity index (χ3n) is 3.34. The summed E-state index contributed by atoms with van der Waals surface area (Å²) in [4.78, 5) is 11.9. The fourth-order valence-corrected chi connectivity index (χ4v) is 3.66. The van der Waals surface area contributed by atoms with E-state index in [2.05, 4.69) is 14.9 Å². The number of nitrogens with zero attached hydrogens (tertiary/aromatic N) is 2. The summed E-state index contributed by atoms with van der Waals surface area (Å²) in [6.45, 7) is 4.17. The first-order valence-electron chi connectivity index (χ1n) is 6.77. The lowest BCUT2D eigenvalue weighted by atomic mass is 10.3. The fraction of sp³-hybridized carbons (Fsp3) is 0.500. The molecule has 2 N–H and O–H groups in total. The Morgan fingerprint density at radius 3 is 2.50 bits per heavy atom. The Kier molecular flexibility index (Phi) is 10.0. The van der Waals surface area contributed by atoms with E-state index >= 15 is 0 Å². The highest BCUT2D eigenvalue weighted by Crippen LogP contribution is 2.26. The van der Waals surface area contributed by atoms with E-state index < -0.39 is 25.5 Å². The first kappa shape index (κ1) is 23.3. The van der Waals surface area contributed by atoms with Gasteiger partial charge in [-0.2, -0.15) is 0 Å². The van der Waals surface area contributed by atoms with Crippen molar-refractivity contribution in [3.05, 3.63) is 33.3 Å². The minimum atomic E-state index is -3.98. The molecule has 0 aliphatic carbocycles. The van der Waals surface area contributed by atoms with Crippen molar-refractivity contribution < 1.29 is 13.3 Å². The average Bonchev–Trinajstić information content (AvgIpc) is 2.47. The average molecular weight is 422 g/mol. The van der Waals surface area contributed by atoms with Crippen molar-refractivity contribution in [2.75, 3.05) is 39.3 Å². The highest BCUT2D eigenvalue weighted by molar-refractivity contribution is 7.89. The first-order chi connectivity index (χ1) is 10.4. The van der Waals surface area contributed by atoms with Gasteiger partial charge in [0.2, 0.25) is 10.0 Å². The normalized spacial score (nSPS) is 15.2. The van der Waals surface area contributed by atoms with Gasteiger partial charge in [0.05, 0.1) is 4.92 Å². The summed E-state index contributed by atoms with van der Waals surface area (Å²) in [5.41, 5.74) is -0.487. The maximum absolute atomic E-state index is 12.2. The van der Waals surface area contributed by atoms with E-state index in [1.807, 2.05) is 0 Å². The largest absolute Gasteiger partial charge is 0.314 e. The van der Waals surface area contributed by atoms with E-state index in [0.29, 0.717) is 6.54 Å². The Morgan fingerprint density at radius 2 is 1.92 bits per heavy atom. The molecule has 1 aromatic carbocycles. The Labute approximate surface area is 157 Å². The number of halogens is 3. The van der Waals surface area contributed by atoms with Crippen LogP contribution in [0.4, 0.5) is 5.69 Å². The standard InChI is InChI=1S/C12H17ClN4O4S.2ClH/c13-10-1-2-11(17(18)19)12(9-10)22(20,21)15-5-8-16-6-3-14-4-7-16;;/h1-2,9,14-15H,3-8H2;2*1H. The minimum Gasteiger partial charge on any atom is -0.314 e. The summed E-state index contributed by atoms with van der Waals surface area (Å²) < 4.78 is 26.9. The third kappa shape index (κ3) is 6.32. The molecular formula is C12H19Cl3N4O4S. The molecule has 138 valence electrons. The quantitative estimate of drug-likeness (QED) is 0.529. The van der Waals surface area contributed by atoms with Crippen molar-refractivity contribution in [1.82, 2.24) is 14.9 Å². The first-order valence-corrected chi connectivity index (χ1v) is 8.63. The maximum Gasteiger partial charge on any atom is 0.289 e. The monoisotopic (exact) mass is 420 g/mol. The molecule has 8 nitrogen and oxygen atoms in total. The molecule has 0 amide bonds. The SMILES string of the molecule is Cl.Cl.O=[N+]([O-])c1ccc(Cl)cc1S(=O)(=O)NCCN1CCNCC1. The van der Waals surface area contributed by atoms with Gasteiger partial charge in [0.25, 0.3) is 5.69 Å². The van der Waals surface area contributed by atoms with Crippen molar-refractivity contribution in [1.29, 1.82) is 0 Å². The van der Waals surface area contributed by atoms with Gasteiger partial charge in [-0.15, -0.1) is 24.8 Å². The number of hydrogen-bond acceptors (Lipinski definition) is 6. The molecule has 2 rings (SSSR count). The van der Waals surface area contributed by atoms with Crippen LogP contribution in [-0.2, 0) is 10.0 Å². The van der Waals surface area contributed by atoms with Crippen LogP contribution in [0.25, 0.3) is 0 Å². The summed E-state index contributed by atoms with van der Waals surface area (Å²) in [5.74, 6) is 0. The van der Waals surface area contributed by atoms with Crippen LogP contribution in [0.3, 0.4) is 0 Å². The number of benzene rings is 1. The number of hydrogen-bond donors (Lipinski definition) is 2. The molecule has 0 saturated carbocycles. The Balaban J connectivity index is 0.00000264. The lowest BCUT2D eigenvalue weighted by Gasteiger charge is -2.27. The van der Waals surface area contributed by atoms with E-state index in [1.165, 1.54) is 6.07 Å². The van der Waals surface area contributed by atoms with Crippen LogP contribution < -0.4 is 10.0 Å². The fourth-order valence-electron chi connectivity index (χ4n) is 2.20. The molecule has 1 aromatic rings. The highest BCUT2D eigenvalue weighted by atomic mass is 35.5. The molecule has 24 heavy (non-hydrogen) atoms. The molecular weight excluding hydrogens is 403 g/mol. The predicted octanol–water partition coefficient (Wildman–Crippen LogP) is 1.28. The number of nitro benzene ring substituents is 1. The van der Waals surface area contributed by atoms with Crippen LogP contribution in [0.15, 0.2) is 23.1 Å². The van der Waals surface area contributed by atoms with Gasteiger partial charge in [-0.25, -0.2) is 13.1 Å². The number of rotatable bonds is 6. The lowest BCUT2D eigenvalue weighted by molar-refractivity contribution is -0.387. The second-order valence-electron chi connectivity index (χ2n) is 4.86. The van der Waals surface area contributed by atoms with Crippen LogP contribution in [0, 0.1) is 10.1 Å². The Morgan fingerprint density at radius 1 is 1.29 bits per heavy atom. The second kappa shape index (κ2) is 10.3. The molecule has 0 aromatic heterocycles. The summed E-state index contributed by atoms with van der Waals surface area (Å²) in [5, 5.41) is 14.3. The number of sulfonamides is 1. The van der Waals surface area contributed by atoms with E-state index in [4.69, 9.17) is 11.6 Å². The van der Waals surface area contributed by atoms with Crippen molar-refractivity contribution in [2.45, 2.75) is 4.90 Å². The topological polar surface area (TPSA) is 105 Å². The van der Waals surface area contributed by atoms with Gasteiger partial charge in [-0.1, -0.05) is 11.6 Å². The number of piperazine rings is 1. The van der Waals surface area contributed by atoms with Gasteiger partial charge in [0.1, 0.15) is 0 Å². The molecule has 1 fully saturated rings. The molecule has 0 spiro atoms. The maximum atomic E-state index is 12.2. The zero-order valence-corrected chi connectivity index (χ0v) is 15.8. The Hall–Kier alpha value is -0.680. The van der Waals surface area contributed by atoms with Crippen LogP contribution in [0.2, 0.25) is 5.02 Å². The Bertz CT molecular complexity index is 654. The molecule has 1 heterocycles. The molecule has 1 saturated heterocycles. The zero-order chi connectivity index (χ0) is 16.2. The molecule has 1 aliphatic rings. The van der Waals surface area contributed by atoms with Crippen molar-refractivity contribution >= 4 is 52.1 Å². The van der Waals surface area contributed by atoms with Gasteiger partial charge >= 0.3 is 0 Å². The van der Waals surface area contributed by atoms with E-state index in [0.717, 1.165) is 38.3 Å². The second-order valence-corrected chi connectivity index (χ2v) is 7.03. The van der Waals surface area contributed by atoms with Crippen LogP contribution >= 0.6 is 36.4 Å².